The molecule has 0 saturated heterocycles. The van der Waals surface area contributed by atoms with Crippen LogP contribution >= 0.6 is 15.9 Å². The number of nitrogens with one attached hydrogen (secondary N) is 2. The summed E-state index contributed by atoms with van der Waals surface area (Å²) in [7, 11) is 0. The van der Waals surface area contributed by atoms with Gasteiger partial charge in [-0.25, -0.2) is 4.39 Å². The minimum Gasteiger partial charge on any atom is -0.352 e. The van der Waals surface area contributed by atoms with Crippen molar-refractivity contribution in [1.82, 2.24) is 10.6 Å². The summed E-state index contributed by atoms with van der Waals surface area (Å²) in [5.74, 6) is -1.21. The molecule has 0 heterocycles. The largest absolute Gasteiger partial charge is 0.352 e. The zero-order valence-electron chi connectivity index (χ0n) is 10.4. The maximum atomic E-state index is 13.3. The normalized spacial score (nSPS) is 15.7. The fourth-order valence-electron chi connectivity index (χ4n) is 1.57. The number of amides is 2. The average Bonchev–Trinajstić information content (AvgIpc) is 3.16. The van der Waals surface area contributed by atoms with E-state index in [0.717, 1.165) is 12.8 Å². The Morgan fingerprint density at radius 2 is 2.11 bits per heavy atom. The first kappa shape index (κ1) is 14.0. The van der Waals surface area contributed by atoms with Crippen LogP contribution in [-0.2, 0) is 4.79 Å². The molecule has 1 aromatic carbocycles. The highest BCUT2D eigenvalue weighted by Gasteiger charge is 2.26. The number of hydrogen-bond acceptors (Lipinski definition) is 2. The number of carbonyl (C=O) groups excluding carboxylic acids is 2. The van der Waals surface area contributed by atoms with Gasteiger partial charge in [-0.1, -0.05) is 6.07 Å². The van der Waals surface area contributed by atoms with E-state index in [2.05, 4.69) is 26.6 Å². The predicted molar refractivity (Wildman–Crippen MR) is 72.2 cm³/mol. The van der Waals surface area contributed by atoms with Gasteiger partial charge in [0.25, 0.3) is 5.91 Å². The number of rotatable bonds is 4. The molecule has 2 amide bonds. The van der Waals surface area contributed by atoms with Crippen LogP contribution in [0.15, 0.2) is 22.7 Å². The van der Waals surface area contributed by atoms with Crippen LogP contribution in [0.5, 0.6) is 0 Å². The van der Waals surface area contributed by atoms with E-state index in [0.29, 0.717) is 0 Å². The van der Waals surface area contributed by atoms with E-state index in [9.17, 15) is 14.0 Å². The lowest BCUT2D eigenvalue weighted by atomic mass is 10.2. The van der Waals surface area contributed by atoms with Gasteiger partial charge in [0.2, 0.25) is 5.91 Å². The van der Waals surface area contributed by atoms with Gasteiger partial charge in [0, 0.05) is 6.04 Å². The van der Waals surface area contributed by atoms with Gasteiger partial charge < -0.3 is 10.6 Å². The van der Waals surface area contributed by atoms with Crippen LogP contribution in [0.2, 0.25) is 0 Å². The van der Waals surface area contributed by atoms with Gasteiger partial charge in [-0.2, -0.15) is 0 Å². The van der Waals surface area contributed by atoms with Gasteiger partial charge in [-0.15, -0.1) is 0 Å². The van der Waals surface area contributed by atoms with Crippen LogP contribution in [0.25, 0.3) is 0 Å². The molecule has 0 bridgehead atoms. The lowest BCUT2D eigenvalue weighted by Crippen LogP contribution is -2.45. The second-order valence-corrected chi connectivity index (χ2v) is 5.37. The SMILES string of the molecule is CC(NC(=O)c1cccc(F)c1Br)C(=O)NC1CC1. The van der Waals surface area contributed by atoms with Gasteiger partial charge in [0.05, 0.1) is 10.0 Å². The minimum atomic E-state index is -0.650. The lowest BCUT2D eigenvalue weighted by Gasteiger charge is -2.14. The molecule has 1 aliphatic carbocycles. The number of benzene rings is 1. The van der Waals surface area contributed by atoms with Crippen LogP contribution in [0.1, 0.15) is 30.1 Å². The minimum absolute atomic E-state index is 0.0994. The molecule has 1 saturated carbocycles. The van der Waals surface area contributed by atoms with E-state index >= 15 is 0 Å². The van der Waals surface area contributed by atoms with Crippen molar-refractivity contribution in [2.45, 2.75) is 31.8 Å². The maximum absolute atomic E-state index is 13.3. The summed E-state index contributed by atoms with van der Waals surface area (Å²) in [4.78, 5) is 23.6. The van der Waals surface area contributed by atoms with Crippen molar-refractivity contribution in [2.75, 3.05) is 0 Å². The van der Waals surface area contributed by atoms with Crippen LogP contribution < -0.4 is 10.6 Å². The van der Waals surface area contributed by atoms with Gasteiger partial charge in [-0.05, 0) is 47.8 Å². The summed E-state index contributed by atoms with van der Waals surface area (Å²) in [6.07, 6.45) is 1.98. The van der Waals surface area contributed by atoms with Crippen LogP contribution in [0.3, 0.4) is 0 Å². The molecule has 2 rings (SSSR count). The fraction of sp³-hybridized carbons (Fsp3) is 0.385. The first-order chi connectivity index (χ1) is 8.99. The standard InChI is InChI=1S/C13H14BrFN2O2/c1-7(12(18)17-8-5-6-8)16-13(19)9-3-2-4-10(15)11(9)14/h2-4,7-8H,5-6H2,1H3,(H,16,19)(H,17,18). The van der Waals surface area contributed by atoms with Crippen LogP contribution in [0.4, 0.5) is 4.39 Å². The smallest absolute Gasteiger partial charge is 0.253 e. The van der Waals surface area contributed by atoms with Gasteiger partial charge in [0.1, 0.15) is 11.9 Å². The molecule has 102 valence electrons. The highest BCUT2D eigenvalue weighted by atomic mass is 79.9. The van der Waals surface area contributed by atoms with Crippen molar-refractivity contribution in [1.29, 1.82) is 0 Å². The van der Waals surface area contributed by atoms with Crippen molar-refractivity contribution in [3.8, 4) is 0 Å². The van der Waals surface area contributed by atoms with Gasteiger partial charge in [0.15, 0.2) is 0 Å². The average molecular weight is 329 g/mol. The molecule has 0 radical (unpaired) electrons. The Morgan fingerprint density at radius 3 is 2.74 bits per heavy atom. The molecule has 1 aliphatic rings. The quantitative estimate of drug-likeness (QED) is 0.888. The Labute approximate surface area is 118 Å². The Hall–Kier alpha value is -1.43. The van der Waals surface area contributed by atoms with Crippen molar-refractivity contribution in [3.05, 3.63) is 34.1 Å². The van der Waals surface area contributed by atoms with E-state index in [1.54, 1.807) is 6.92 Å². The van der Waals surface area contributed by atoms with Crippen LogP contribution in [-0.4, -0.2) is 23.9 Å². The molecule has 1 fully saturated rings. The molecule has 4 nitrogen and oxygen atoms in total. The molecule has 0 aromatic heterocycles. The molecule has 0 aliphatic heterocycles. The van der Waals surface area contributed by atoms with E-state index in [4.69, 9.17) is 0 Å². The number of hydrogen-bond donors (Lipinski definition) is 2. The Kier molecular flexibility index (Phi) is 4.19. The second-order valence-electron chi connectivity index (χ2n) is 4.58. The number of carbonyl (C=O) groups is 2. The summed E-state index contributed by atoms with van der Waals surface area (Å²) < 4.78 is 13.4. The monoisotopic (exact) mass is 328 g/mol. The van der Waals surface area contributed by atoms with Crippen molar-refractivity contribution < 1.29 is 14.0 Å². The van der Waals surface area contributed by atoms with Crippen molar-refractivity contribution >= 4 is 27.7 Å². The zero-order chi connectivity index (χ0) is 14.0. The maximum Gasteiger partial charge on any atom is 0.253 e. The first-order valence-electron chi connectivity index (χ1n) is 6.04. The van der Waals surface area contributed by atoms with E-state index < -0.39 is 17.8 Å². The Bertz CT molecular complexity index is 517. The predicted octanol–water partition coefficient (Wildman–Crippen LogP) is 1.99. The molecule has 1 aromatic rings. The van der Waals surface area contributed by atoms with E-state index in [1.165, 1.54) is 18.2 Å². The topological polar surface area (TPSA) is 58.2 Å². The third kappa shape index (κ3) is 3.53. The molecular weight excluding hydrogens is 315 g/mol. The fourth-order valence-corrected chi connectivity index (χ4v) is 2.02. The molecule has 1 unspecified atom stereocenters. The summed E-state index contributed by atoms with van der Waals surface area (Å²) >= 11 is 3.02. The van der Waals surface area contributed by atoms with E-state index in [-0.39, 0.29) is 22.0 Å². The zero-order valence-corrected chi connectivity index (χ0v) is 12.0. The van der Waals surface area contributed by atoms with Gasteiger partial charge >= 0.3 is 0 Å². The molecule has 6 heteroatoms. The molecule has 0 spiro atoms. The summed E-state index contributed by atoms with van der Waals surface area (Å²) in [6.45, 7) is 1.60. The van der Waals surface area contributed by atoms with Crippen molar-refractivity contribution in [2.24, 2.45) is 0 Å². The third-order valence-corrected chi connectivity index (χ3v) is 3.67. The number of halogens is 2. The molecule has 19 heavy (non-hydrogen) atoms. The summed E-state index contributed by atoms with van der Waals surface area (Å²) in [6, 6.07) is 3.79. The second kappa shape index (κ2) is 5.69. The Morgan fingerprint density at radius 1 is 1.42 bits per heavy atom. The molecule has 2 N–H and O–H groups in total. The highest BCUT2D eigenvalue weighted by molar-refractivity contribution is 9.10. The van der Waals surface area contributed by atoms with Crippen molar-refractivity contribution in [3.63, 3.8) is 0 Å². The van der Waals surface area contributed by atoms with Gasteiger partial charge in [-0.3, -0.25) is 9.59 Å². The molecular formula is C13H14BrFN2O2. The first-order valence-corrected chi connectivity index (χ1v) is 6.83. The summed E-state index contributed by atoms with van der Waals surface area (Å²) in [5, 5.41) is 5.35. The molecule has 1 atom stereocenters. The Balaban J connectivity index is 1.99. The summed E-state index contributed by atoms with van der Waals surface area (Å²) in [5.41, 5.74) is 0.172. The lowest BCUT2D eigenvalue weighted by molar-refractivity contribution is -0.122. The highest BCUT2D eigenvalue weighted by Crippen LogP contribution is 2.21. The van der Waals surface area contributed by atoms with E-state index in [1.807, 2.05) is 0 Å². The van der Waals surface area contributed by atoms with Crippen LogP contribution in [0, 0.1) is 5.82 Å². The third-order valence-electron chi connectivity index (χ3n) is 2.86.